The number of amides is 1. The van der Waals surface area contributed by atoms with Crippen LogP contribution >= 0.6 is 11.3 Å². The van der Waals surface area contributed by atoms with Gasteiger partial charge in [-0.3, -0.25) is 9.69 Å². The first-order valence-corrected chi connectivity index (χ1v) is 11.6. The first kappa shape index (κ1) is 24.2. The number of nitrogens with zero attached hydrogens (tertiary/aromatic N) is 4. The maximum absolute atomic E-state index is 13.9. The number of alkyl halides is 3. The van der Waals surface area contributed by atoms with Gasteiger partial charge in [-0.15, -0.1) is 11.3 Å². The maximum atomic E-state index is 13.9. The first-order valence-electron chi connectivity index (χ1n) is 10.7. The molecular weight excluding hydrogens is 471 g/mol. The van der Waals surface area contributed by atoms with E-state index in [4.69, 9.17) is 9.47 Å². The lowest BCUT2D eigenvalue weighted by Crippen LogP contribution is -2.38. The number of aromatic nitrogens is 3. The third-order valence-electron chi connectivity index (χ3n) is 5.38. The molecule has 34 heavy (non-hydrogen) atoms. The summed E-state index contributed by atoms with van der Waals surface area (Å²) in [7, 11) is 1.55. The average molecular weight is 496 g/mol. The summed E-state index contributed by atoms with van der Waals surface area (Å²) >= 11 is 1.01. The highest BCUT2D eigenvalue weighted by Crippen LogP contribution is 2.35. The number of benzene rings is 1. The molecule has 0 saturated carbocycles. The third kappa shape index (κ3) is 5.57. The molecule has 1 aliphatic rings. The van der Waals surface area contributed by atoms with Gasteiger partial charge in [0.05, 0.1) is 37.8 Å². The van der Waals surface area contributed by atoms with Crippen LogP contribution in [-0.2, 0) is 10.9 Å². The highest BCUT2D eigenvalue weighted by molar-refractivity contribution is 7.12. The van der Waals surface area contributed by atoms with Gasteiger partial charge in [0.25, 0.3) is 5.91 Å². The molecule has 3 heterocycles. The molecule has 4 rings (SSSR count). The van der Waals surface area contributed by atoms with Gasteiger partial charge in [0.2, 0.25) is 5.13 Å². The summed E-state index contributed by atoms with van der Waals surface area (Å²) in [6.45, 7) is 3.95. The van der Waals surface area contributed by atoms with Crippen LogP contribution in [-0.4, -0.2) is 72.1 Å². The molecule has 1 amide bonds. The van der Waals surface area contributed by atoms with Gasteiger partial charge in [0, 0.05) is 30.6 Å². The summed E-state index contributed by atoms with van der Waals surface area (Å²) in [5.41, 5.74) is -0.448. The molecule has 1 fully saturated rings. The van der Waals surface area contributed by atoms with Gasteiger partial charge in [0.1, 0.15) is 5.75 Å². The standard InChI is InChI=1S/C22H24F3N5O3S/c1-32-16-5-3-15(4-6-16)18-14-34-21(28-18)30-19(22(23,24)25)17(13-27-30)20(31)26-7-2-8-29-9-11-33-12-10-29/h3-6,13-14H,2,7-12H2,1H3,(H,26,31). The average Bonchev–Trinajstić information content (AvgIpc) is 3.50. The van der Waals surface area contributed by atoms with Crippen molar-refractivity contribution in [3.05, 3.63) is 47.1 Å². The molecule has 0 aliphatic carbocycles. The number of methoxy groups -OCH3 is 1. The van der Waals surface area contributed by atoms with Crippen molar-refractivity contribution in [3.63, 3.8) is 0 Å². The van der Waals surface area contributed by atoms with Crippen molar-refractivity contribution in [2.24, 2.45) is 0 Å². The van der Waals surface area contributed by atoms with Crippen molar-refractivity contribution >= 4 is 17.2 Å². The topological polar surface area (TPSA) is 81.5 Å². The Balaban J connectivity index is 1.48. The Morgan fingerprint density at radius 2 is 1.97 bits per heavy atom. The number of rotatable bonds is 8. The number of carbonyl (C=O) groups is 1. The van der Waals surface area contributed by atoms with Gasteiger partial charge in [-0.1, -0.05) is 0 Å². The van der Waals surface area contributed by atoms with Crippen LogP contribution < -0.4 is 10.1 Å². The molecule has 0 unspecified atom stereocenters. The van der Waals surface area contributed by atoms with Crippen LogP contribution in [0.4, 0.5) is 13.2 Å². The van der Waals surface area contributed by atoms with Crippen LogP contribution in [0.3, 0.4) is 0 Å². The minimum absolute atomic E-state index is 0.0181. The Morgan fingerprint density at radius 1 is 1.24 bits per heavy atom. The molecule has 0 spiro atoms. The smallest absolute Gasteiger partial charge is 0.434 e. The predicted molar refractivity (Wildman–Crippen MR) is 120 cm³/mol. The van der Waals surface area contributed by atoms with Crippen LogP contribution in [0.15, 0.2) is 35.8 Å². The van der Waals surface area contributed by atoms with E-state index >= 15 is 0 Å². The number of morpholine rings is 1. The Bertz CT molecular complexity index is 1110. The highest BCUT2D eigenvalue weighted by Gasteiger charge is 2.41. The molecule has 1 saturated heterocycles. The lowest BCUT2D eigenvalue weighted by Gasteiger charge is -2.26. The normalized spacial score (nSPS) is 14.8. The summed E-state index contributed by atoms with van der Waals surface area (Å²) < 4.78 is 52.9. The number of ether oxygens (including phenoxy) is 2. The number of carbonyl (C=O) groups excluding carboxylic acids is 1. The van der Waals surface area contributed by atoms with Crippen molar-refractivity contribution < 1.29 is 27.4 Å². The Kier molecular flexibility index (Phi) is 7.49. The van der Waals surface area contributed by atoms with Gasteiger partial charge in [-0.2, -0.15) is 18.3 Å². The summed E-state index contributed by atoms with van der Waals surface area (Å²) in [6, 6.07) is 7.01. The predicted octanol–water partition coefficient (Wildman–Crippen LogP) is 3.48. The van der Waals surface area contributed by atoms with E-state index in [1.54, 1.807) is 36.8 Å². The van der Waals surface area contributed by atoms with Crippen LogP contribution in [0.5, 0.6) is 5.75 Å². The molecule has 8 nitrogen and oxygen atoms in total. The number of halogens is 3. The Morgan fingerprint density at radius 3 is 2.65 bits per heavy atom. The molecule has 182 valence electrons. The van der Waals surface area contributed by atoms with E-state index < -0.39 is 23.3 Å². The van der Waals surface area contributed by atoms with E-state index in [0.717, 1.165) is 42.7 Å². The number of nitrogens with one attached hydrogen (secondary N) is 1. The molecule has 1 aromatic carbocycles. The fraction of sp³-hybridized carbons (Fsp3) is 0.409. The zero-order chi connectivity index (χ0) is 24.1. The van der Waals surface area contributed by atoms with E-state index in [2.05, 4.69) is 20.3 Å². The van der Waals surface area contributed by atoms with Crippen molar-refractivity contribution in [2.45, 2.75) is 12.6 Å². The van der Waals surface area contributed by atoms with Gasteiger partial charge in [-0.05, 0) is 37.2 Å². The lowest BCUT2D eigenvalue weighted by molar-refractivity contribution is -0.143. The van der Waals surface area contributed by atoms with Gasteiger partial charge in [0.15, 0.2) is 5.69 Å². The number of hydrogen-bond donors (Lipinski definition) is 1. The molecule has 3 aromatic rings. The summed E-state index contributed by atoms with van der Waals surface area (Å²) in [5, 5.41) is 8.09. The Labute approximate surface area is 198 Å². The maximum Gasteiger partial charge on any atom is 0.434 e. The summed E-state index contributed by atoms with van der Waals surface area (Å²) in [5.74, 6) is -0.154. The van der Waals surface area contributed by atoms with Gasteiger partial charge < -0.3 is 14.8 Å². The molecule has 1 N–H and O–H groups in total. The fourth-order valence-electron chi connectivity index (χ4n) is 3.61. The summed E-state index contributed by atoms with van der Waals surface area (Å²) in [4.78, 5) is 19.1. The minimum Gasteiger partial charge on any atom is -0.497 e. The van der Waals surface area contributed by atoms with E-state index in [1.807, 2.05) is 0 Å². The van der Waals surface area contributed by atoms with E-state index in [9.17, 15) is 18.0 Å². The van der Waals surface area contributed by atoms with Crippen molar-refractivity contribution in [3.8, 4) is 22.1 Å². The quantitative estimate of drug-likeness (QED) is 0.482. The molecule has 0 bridgehead atoms. The van der Waals surface area contributed by atoms with Crippen LogP contribution in [0.1, 0.15) is 22.5 Å². The minimum atomic E-state index is -4.79. The third-order valence-corrected chi connectivity index (χ3v) is 6.20. The largest absolute Gasteiger partial charge is 0.497 e. The molecular formula is C22H24F3N5O3S. The van der Waals surface area contributed by atoms with Crippen LogP contribution in [0, 0.1) is 0 Å². The van der Waals surface area contributed by atoms with E-state index in [1.165, 1.54) is 0 Å². The van der Waals surface area contributed by atoms with Crippen LogP contribution in [0.2, 0.25) is 0 Å². The van der Waals surface area contributed by atoms with Crippen LogP contribution in [0.25, 0.3) is 16.4 Å². The molecule has 1 aliphatic heterocycles. The zero-order valence-corrected chi connectivity index (χ0v) is 19.3. The summed E-state index contributed by atoms with van der Waals surface area (Å²) in [6.07, 6.45) is -3.23. The van der Waals surface area contributed by atoms with Crippen molar-refractivity contribution in [1.29, 1.82) is 0 Å². The SMILES string of the molecule is COc1ccc(-c2csc(-n3ncc(C(=O)NCCCN4CCOCC4)c3C(F)(F)F)n2)cc1. The highest BCUT2D eigenvalue weighted by atomic mass is 32.1. The molecule has 0 atom stereocenters. The van der Waals surface area contributed by atoms with Gasteiger partial charge in [-0.25, -0.2) is 9.67 Å². The molecule has 0 radical (unpaired) electrons. The molecule has 12 heteroatoms. The van der Waals surface area contributed by atoms with E-state index in [-0.39, 0.29) is 11.7 Å². The van der Waals surface area contributed by atoms with E-state index in [0.29, 0.717) is 35.8 Å². The molecule has 2 aromatic heterocycles. The van der Waals surface area contributed by atoms with Crippen molar-refractivity contribution in [1.82, 2.24) is 25.0 Å². The second-order valence-electron chi connectivity index (χ2n) is 7.62. The number of thiazole rings is 1. The Hall–Kier alpha value is -2.96. The van der Waals surface area contributed by atoms with Crippen molar-refractivity contribution in [2.75, 3.05) is 46.5 Å². The fourth-order valence-corrected chi connectivity index (χ4v) is 4.41. The lowest BCUT2D eigenvalue weighted by atomic mass is 10.2. The second kappa shape index (κ2) is 10.5. The second-order valence-corrected chi connectivity index (χ2v) is 8.46. The van der Waals surface area contributed by atoms with Gasteiger partial charge >= 0.3 is 6.18 Å². The zero-order valence-electron chi connectivity index (χ0n) is 18.5. The monoisotopic (exact) mass is 495 g/mol. The number of hydrogen-bond acceptors (Lipinski definition) is 7. The first-order chi connectivity index (χ1) is 16.4.